The average molecular weight is 344 g/mol. The van der Waals surface area contributed by atoms with Gasteiger partial charge in [0, 0.05) is 17.5 Å². The molecule has 3 unspecified atom stereocenters. The summed E-state index contributed by atoms with van der Waals surface area (Å²) < 4.78 is 1.24. The summed E-state index contributed by atoms with van der Waals surface area (Å²) in [5, 5.41) is 3.83. The summed E-state index contributed by atoms with van der Waals surface area (Å²) in [5.41, 5.74) is 0. The Morgan fingerprint density at radius 1 is 1.37 bits per heavy atom. The smallest absolute Gasteiger partial charge is 0.0701 e. The van der Waals surface area contributed by atoms with E-state index in [-0.39, 0.29) is 0 Å². The predicted octanol–water partition coefficient (Wildman–Crippen LogP) is 5.10. The van der Waals surface area contributed by atoms with Crippen LogP contribution in [0.3, 0.4) is 0 Å². The second-order valence-corrected chi connectivity index (χ2v) is 8.89. The minimum atomic E-state index is 0.729. The molecule has 1 aliphatic rings. The fraction of sp³-hybridized carbons (Fsp3) is 0.750. The van der Waals surface area contributed by atoms with Gasteiger partial charge in [-0.05, 0) is 65.1 Å². The standard InChI is InChI=1S/C16H26BrNS/c1-11(2)14-6-4-12(3)10-15(14)18-9-8-13-5-7-16(17)19-13/h5,7,11-12,14-15,18H,4,6,8-10H2,1-3H3. The summed E-state index contributed by atoms with van der Waals surface area (Å²) >= 11 is 5.39. The van der Waals surface area contributed by atoms with Crippen molar-refractivity contribution in [2.45, 2.75) is 52.5 Å². The van der Waals surface area contributed by atoms with Gasteiger partial charge >= 0.3 is 0 Å². The van der Waals surface area contributed by atoms with Crippen molar-refractivity contribution >= 4 is 27.3 Å². The zero-order valence-corrected chi connectivity index (χ0v) is 14.7. The van der Waals surface area contributed by atoms with Gasteiger partial charge in [-0.25, -0.2) is 0 Å². The Morgan fingerprint density at radius 3 is 2.79 bits per heavy atom. The van der Waals surface area contributed by atoms with Crippen molar-refractivity contribution in [1.29, 1.82) is 0 Å². The molecular formula is C16H26BrNS. The van der Waals surface area contributed by atoms with Crippen molar-refractivity contribution < 1.29 is 0 Å². The molecule has 1 heterocycles. The molecule has 1 aliphatic carbocycles. The molecule has 0 bridgehead atoms. The highest BCUT2D eigenvalue weighted by Gasteiger charge is 2.29. The number of hydrogen-bond donors (Lipinski definition) is 1. The molecule has 1 N–H and O–H groups in total. The van der Waals surface area contributed by atoms with Gasteiger partial charge in [0.15, 0.2) is 0 Å². The van der Waals surface area contributed by atoms with E-state index in [1.807, 2.05) is 11.3 Å². The van der Waals surface area contributed by atoms with E-state index in [1.54, 1.807) is 0 Å². The lowest BCUT2D eigenvalue weighted by Crippen LogP contribution is -2.43. The fourth-order valence-corrected chi connectivity index (χ4v) is 4.79. The Labute approximate surface area is 130 Å². The van der Waals surface area contributed by atoms with Crippen LogP contribution in [0.1, 0.15) is 44.9 Å². The highest BCUT2D eigenvalue weighted by molar-refractivity contribution is 9.11. The summed E-state index contributed by atoms with van der Waals surface area (Å²) in [4.78, 5) is 1.48. The average Bonchev–Trinajstić information content (AvgIpc) is 2.75. The van der Waals surface area contributed by atoms with Gasteiger partial charge in [0.05, 0.1) is 3.79 Å². The zero-order valence-electron chi connectivity index (χ0n) is 12.3. The lowest BCUT2D eigenvalue weighted by molar-refractivity contribution is 0.171. The van der Waals surface area contributed by atoms with Crippen molar-refractivity contribution in [3.63, 3.8) is 0 Å². The zero-order chi connectivity index (χ0) is 13.8. The van der Waals surface area contributed by atoms with Crippen molar-refractivity contribution in [2.75, 3.05) is 6.54 Å². The van der Waals surface area contributed by atoms with Gasteiger partial charge in [-0.15, -0.1) is 11.3 Å². The topological polar surface area (TPSA) is 12.0 Å². The molecule has 1 saturated carbocycles. The third-order valence-electron chi connectivity index (χ3n) is 4.43. The molecule has 3 heteroatoms. The molecule has 0 saturated heterocycles. The van der Waals surface area contributed by atoms with E-state index in [0.717, 1.165) is 36.8 Å². The Morgan fingerprint density at radius 2 is 2.16 bits per heavy atom. The molecule has 19 heavy (non-hydrogen) atoms. The molecule has 108 valence electrons. The molecule has 1 nitrogen and oxygen atoms in total. The van der Waals surface area contributed by atoms with Crippen LogP contribution in [0.15, 0.2) is 15.9 Å². The van der Waals surface area contributed by atoms with Crippen LogP contribution in [-0.2, 0) is 6.42 Å². The van der Waals surface area contributed by atoms with Crippen molar-refractivity contribution in [3.8, 4) is 0 Å². The Hall–Kier alpha value is 0.140. The summed E-state index contributed by atoms with van der Waals surface area (Å²) in [6.45, 7) is 8.28. The summed E-state index contributed by atoms with van der Waals surface area (Å²) in [6, 6.07) is 5.12. The highest BCUT2D eigenvalue weighted by Crippen LogP contribution is 2.33. The van der Waals surface area contributed by atoms with Crippen molar-refractivity contribution in [1.82, 2.24) is 5.32 Å². The normalized spacial score (nSPS) is 27.9. The van der Waals surface area contributed by atoms with Gasteiger partial charge in [0.2, 0.25) is 0 Å². The fourth-order valence-electron chi connectivity index (χ4n) is 3.30. The van der Waals surface area contributed by atoms with E-state index in [0.29, 0.717) is 0 Å². The number of halogens is 1. The molecule has 3 atom stereocenters. The molecule has 0 aliphatic heterocycles. The minimum absolute atomic E-state index is 0.729. The van der Waals surface area contributed by atoms with Gasteiger partial charge in [-0.2, -0.15) is 0 Å². The molecule has 0 radical (unpaired) electrons. The Kier molecular flexibility index (Phi) is 5.91. The van der Waals surface area contributed by atoms with E-state index < -0.39 is 0 Å². The van der Waals surface area contributed by atoms with Crippen LogP contribution in [0.2, 0.25) is 0 Å². The van der Waals surface area contributed by atoms with Crippen molar-refractivity contribution in [2.24, 2.45) is 17.8 Å². The lowest BCUT2D eigenvalue weighted by Gasteiger charge is -2.38. The van der Waals surface area contributed by atoms with Gasteiger partial charge in [-0.3, -0.25) is 0 Å². The Bertz CT molecular complexity index is 388. The van der Waals surface area contributed by atoms with Crippen LogP contribution in [0, 0.1) is 17.8 Å². The minimum Gasteiger partial charge on any atom is -0.313 e. The van der Waals surface area contributed by atoms with Gasteiger partial charge in [0.25, 0.3) is 0 Å². The summed E-state index contributed by atoms with van der Waals surface area (Å²) in [6.07, 6.45) is 5.34. The van der Waals surface area contributed by atoms with E-state index in [2.05, 4.69) is 54.2 Å². The number of nitrogens with one attached hydrogen (secondary N) is 1. The molecule has 0 amide bonds. The number of hydrogen-bond acceptors (Lipinski definition) is 2. The second-order valence-electron chi connectivity index (χ2n) is 6.34. The first-order valence-corrected chi connectivity index (χ1v) is 9.14. The van der Waals surface area contributed by atoms with Crippen LogP contribution < -0.4 is 5.32 Å². The van der Waals surface area contributed by atoms with E-state index in [1.165, 1.54) is 27.9 Å². The van der Waals surface area contributed by atoms with E-state index in [9.17, 15) is 0 Å². The second kappa shape index (κ2) is 7.24. The third kappa shape index (κ3) is 4.57. The Balaban J connectivity index is 1.82. The van der Waals surface area contributed by atoms with Crippen LogP contribution in [0.25, 0.3) is 0 Å². The van der Waals surface area contributed by atoms with Crippen LogP contribution >= 0.6 is 27.3 Å². The van der Waals surface area contributed by atoms with Gasteiger partial charge in [0.1, 0.15) is 0 Å². The van der Waals surface area contributed by atoms with E-state index in [4.69, 9.17) is 0 Å². The first-order valence-electron chi connectivity index (χ1n) is 7.54. The molecule has 0 aromatic carbocycles. The quantitative estimate of drug-likeness (QED) is 0.783. The molecule has 1 aromatic heterocycles. The molecular weight excluding hydrogens is 318 g/mol. The SMILES string of the molecule is CC1CCC(C(C)C)C(NCCc2ccc(Br)s2)C1. The van der Waals surface area contributed by atoms with Gasteiger partial charge < -0.3 is 5.32 Å². The molecule has 2 rings (SSSR count). The summed E-state index contributed by atoms with van der Waals surface area (Å²) in [5.74, 6) is 2.57. The first kappa shape index (κ1) is 15.5. The lowest BCUT2D eigenvalue weighted by atomic mass is 9.74. The first-order chi connectivity index (χ1) is 9.06. The monoisotopic (exact) mass is 343 g/mol. The summed E-state index contributed by atoms with van der Waals surface area (Å²) in [7, 11) is 0. The number of thiophene rings is 1. The highest BCUT2D eigenvalue weighted by atomic mass is 79.9. The number of rotatable bonds is 5. The van der Waals surface area contributed by atoms with Crippen molar-refractivity contribution in [3.05, 3.63) is 20.8 Å². The maximum absolute atomic E-state index is 3.83. The third-order valence-corrected chi connectivity index (χ3v) is 6.11. The van der Waals surface area contributed by atoms with Crippen LogP contribution in [0.4, 0.5) is 0 Å². The van der Waals surface area contributed by atoms with E-state index >= 15 is 0 Å². The maximum Gasteiger partial charge on any atom is 0.0701 e. The maximum atomic E-state index is 3.83. The van der Waals surface area contributed by atoms with Gasteiger partial charge in [-0.1, -0.05) is 27.2 Å². The van der Waals surface area contributed by atoms with Crippen LogP contribution in [-0.4, -0.2) is 12.6 Å². The molecule has 0 spiro atoms. The molecule has 1 aromatic rings. The largest absolute Gasteiger partial charge is 0.313 e. The predicted molar refractivity (Wildman–Crippen MR) is 88.9 cm³/mol. The molecule has 1 fully saturated rings. The van der Waals surface area contributed by atoms with Crippen LogP contribution in [0.5, 0.6) is 0 Å².